The molecule has 0 unspecified atom stereocenters. The van der Waals surface area contributed by atoms with Crippen LogP contribution in [0.5, 0.6) is 0 Å². The lowest BCUT2D eigenvalue weighted by Gasteiger charge is -2.13. The van der Waals surface area contributed by atoms with Crippen LogP contribution in [0.3, 0.4) is 0 Å². The Labute approximate surface area is 119 Å². The van der Waals surface area contributed by atoms with Crippen LogP contribution in [0.25, 0.3) is 0 Å². The van der Waals surface area contributed by atoms with Gasteiger partial charge in [0.25, 0.3) is 5.56 Å². The molecule has 0 radical (unpaired) electrons. The molecule has 0 aliphatic rings. The van der Waals surface area contributed by atoms with Crippen molar-refractivity contribution in [2.75, 3.05) is 5.32 Å². The summed E-state index contributed by atoms with van der Waals surface area (Å²) in [5.41, 5.74) is -1.01. The third kappa shape index (κ3) is 3.42. The van der Waals surface area contributed by atoms with E-state index in [1.54, 1.807) is 6.92 Å². The number of aromatic nitrogens is 2. The largest absolute Gasteiger partial charge is 0.416 e. The molecule has 1 heterocycles. The molecule has 0 aliphatic heterocycles. The summed E-state index contributed by atoms with van der Waals surface area (Å²) >= 11 is 0. The topological polar surface area (TPSA) is 46.9 Å². The quantitative estimate of drug-likeness (QED) is 0.944. The van der Waals surface area contributed by atoms with Gasteiger partial charge in [0.05, 0.1) is 5.56 Å². The Hall–Kier alpha value is -2.31. The predicted molar refractivity (Wildman–Crippen MR) is 72.9 cm³/mol. The van der Waals surface area contributed by atoms with Crippen LogP contribution in [-0.2, 0) is 19.3 Å². The second kappa shape index (κ2) is 5.99. The van der Waals surface area contributed by atoms with E-state index in [1.807, 2.05) is 0 Å². The number of benzene rings is 1. The highest BCUT2D eigenvalue weighted by atomic mass is 19.4. The minimum absolute atomic E-state index is 0.0383. The number of hydrogen-bond acceptors (Lipinski definition) is 3. The highest BCUT2D eigenvalue weighted by molar-refractivity contribution is 5.36. The highest BCUT2D eigenvalue weighted by Crippen LogP contribution is 2.31. The number of anilines is 1. The molecule has 2 rings (SSSR count). The summed E-state index contributed by atoms with van der Waals surface area (Å²) in [7, 11) is 0. The standard InChI is InChI=1S/C14H14F3N3O/c1-2-20-8-7-18-12(13(20)21)19-9-10-5-3-4-6-11(10)14(15,16)17/h3-8H,2,9H2,1H3,(H,18,19). The first-order valence-corrected chi connectivity index (χ1v) is 6.38. The van der Waals surface area contributed by atoms with E-state index in [-0.39, 0.29) is 23.5 Å². The first-order valence-electron chi connectivity index (χ1n) is 6.38. The maximum absolute atomic E-state index is 12.9. The van der Waals surface area contributed by atoms with E-state index in [0.717, 1.165) is 6.07 Å². The first kappa shape index (κ1) is 15.1. The molecule has 1 aromatic carbocycles. The number of aryl methyl sites for hydroxylation is 1. The molecule has 0 atom stereocenters. The van der Waals surface area contributed by atoms with Crippen molar-refractivity contribution in [3.8, 4) is 0 Å². The highest BCUT2D eigenvalue weighted by Gasteiger charge is 2.32. The summed E-state index contributed by atoms with van der Waals surface area (Å²) in [5, 5.41) is 2.67. The summed E-state index contributed by atoms with van der Waals surface area (Å²) in [4.78, 5) is 15.8. The number of hydrogen-bond donors (Lipinski definition) is 1. The van der Waals surface area contributed by atoms with Crippen molar-refractivity contribution >= 4 is 5.82 Å². The molecular weight excluding hydrogens is 283 g/mol. The molecule has 1 aromatic heterocycles. The van der Waals surface area contributed by atoms with Crippen LogP contribution in [0.15, 0.2) is 41.5 Å². The van der Waals surface area contributed by atoms with Gasteiger partial charge in [0.1, 0.15) is 0 Å². The smallest absolute Gasteiger partial charge is 0.361 e. The molecule has 0 spiro atoms. The number of rotatable bonds is 4. The van der Waals surface area contributed by atoms with Crippen molar-refractivity contribution in [3.05, 3.63) is 58.1 Å². The van der Waals surface area contributed by atoms with E-state index in [2.05, 4.69) is 10.3 Å². The third-order valence-corrected chi connectivity index (χ3v) is 3.02. The van der Waals surface area contributed by atoms with Gasteiger partial charge in [-0.1, -0.05) is 18.2 Å². The molecule has 112 valence electrons. The first-order chi connectivity index (χ1) is 9.93. The fourth-order valence-electron chi connectivity index (χ4n) is 1.95. The maximum Gasteiger partial charge on any atom is 0.416 e. The van der Waals surface area contributed by atoms with E-state index < -0.39 is 11.7 Å². The Morgan fingerprint density at radius 3 is 2.67 bits per heavy atom. The van der Waals surface area contributed by atoms with Gasteiger partial charge in [-0.15, -0.1) is 0 Å². The summed E-state index contributed by atoms with van der Waals surface area (Å²) < 4.78 is 40.0. The molecule has 4 nitrogen and oxygen atoms in total. The Morgan fingerprint density at radius 2 is 2.00 bits per heavy atom. The van der Waals surface area contributed by atoms with E-state index in [0.29, 0.717) is 6.54 Å². The summed E-state index contributed by atoms with van der Waals surface area (Å²) in [6.45, 7) is 2.14. The van der Waals surface area contributed by atoms with Crippen molar-refractivity contribution in [3.63, 3.8) is 0 Å². The lowest BCUT2D eigenvalue weighted by Crippen LogP contribution is -2.24. The SMILES string of the molecule is CCn1ccnc(NCc2ccccc2C(F)(F)F)c1=O. The van der Waals surface area contributed by atoms with Gasteiger partial charge >= 0.3 is 6.18 Å². The lowest BCUT2D eigenvalue weighted by molar-refractivity contribution is -0.138. The van der Waals surface area contributed by atoms with Crippen LogP contribution in [-0.4, -0.2) is 9.55 Å². The summed E-state index contributed by atoms with van der Waals surface area (Å²) in [5.74, 6) is 0.0383. The molecule has 0 bridgehead atoms. The van der Waals surface area contributed by atoms with Crippen molar-refractivity contribution in [2.24, 2.45) is 0 Å². The molecule has 0 aliphatic carbocycles. The lowest BCUT2D eigenvalue weighted by atomic mass is 10.1. The predicted octanol–water partition coefficient (Wildman–Crippen LogP) is 2.89. The van der Waals surface area contributed by atoms with E-state index >= 15 is 0 Å². The van der Waals surface area contributed by atoms with Crippen LogP contribution in [0.2, 0.25) is 0 Å². The van der Waals surface area contributed by atoms with E-state index in [9.17, 15) is 18.0 Å². The molecule has 0 fully saturated rings. The maximum atomic E-state index is 12.9. The van der Waals surface area contributed by atoms with Crippen molar-refractivity contribution in [1.82, 2.24) is 9.55 Å². The van der Waals surface area contributed by atoms with Crippen LogP contribution < -0.4 is 10.9 Å². The second-order valence-electron chi connectivity index (χ2n) is 4.38. The van der Waals surface area contributed by atoms with Gasteiger partial charge in [-0.2, -0.15) is 13.2 Å². The van der Waals surface area contributed by atoms with Gasteiger partial charge in [-0.3, -0.25) is 4.79 Å². The number of nitrogens with zero attached hydrogens (tertiary/aromatic N) is 2. The summed E-state index contributed by atoms with van der Waals surface area (Å²) in [6.07, 6.45) is -1.47. The summed E-state index contributed by atoms with van der Waals surface area (Å²) in [6, 6.07) is 5.24. The molecule has 0 saturated carbocycles. The number of nitrogens with one attached hydrogen (secondary N) is 1. The minimum atomic E-state index is -4.42. The minimum Gasteiger partial charge on any atom is -0.361 e. The fourth-order valence-corrected chi connectivity index (χ4v) is 1.95. The Morgan fingerprint density at radius 1 is 1.29 bits per heavy atom. The van der Waals surface area contributed by atoms with Gasteiger partial charge in [0, 0.05) is 25.5 Å². The van der Waals surface area contributed by atoms with Gasteiger partial charge in [-0.05, 0) is 18.6 Å². The van der Waals surface area contributed by atoms with Crippen LogP contribution in [0, 0.1) is 0 Å². The fraction of sp³-hybridized carbons (Fsp3) is 0.286. The zero-order valence-electron chi connectivity index (χ0n) is 11.3. The van der Waals surface area contributed by atoms with E-state index in [1.165, 1.54) is 35.2 Å². The van der Waals surface area contributed by atoms with Gasteiger partial charge in [0.2, 0.25) is 0 Å². The molecule has 0 saturated heterocycles. The molecule has 21 heavy (non-hydrogen) atoms. The van der Waals surface area contributed by atoms with Crippen LogP contribution in [0.1, 0.15) is 18.1 Å². The molecule has 7 heteroatoms. The van der Waals surface area contributed by atoms with E-state index in [4.69, 9.17) is 0 Å². The zero-order chi connectivity index (χ0) is 15.5. The van der Waals surface area contributed by atoms with Crippen LogP contribution in [0.4, 0.5) is 19.0 Å². The molecular formula is C14H14F3N3O. The Kier molecular flexibility index (Phi) is 4.30. The average Bonchev–Trinajstić information content (AvgIpc) is 2.45. The van der Waals surface area contributed by atoms with Crippen molar-refractivity contribution < 1.29 is 13.2 Å². The van der Waals surface area contributed by atoms with Crippen LogP contribution >= 0.6 is 0 Å². The average molecular weight is 297 g/mol. The molecule has 2 aromatic rings. The Balaban J connectivity index is 2.24. The third-order valence-electron chi connectivity index (χ3n) is 3.02. The van der Waals surface area contributed by atoms with Crippen molar-refractivity contribution in [1.29, 1.82) is 0 Å². The normalized spacial score (nSPS) is 11.4. The zero-order valence-corrected chi connectivity index (χ0v) is 11.3. The van der Waals surface area contributed by atoms with Gasteiger partial charge in [-0.25, -0.2) is 4.98 Å². The Bertz CT molecular complexity index is 680. The van der Waals surface area contributed by atoms with Gasteiger partial charge < -0.3 is 9.88 Å². The van der Waals surface area contributed by atoms with Gasteiger partial charge in [0.15, 0.2) is 5.82 Å². The monoisotopic (exact) mass is 297 g/mol. The molecule has 0 amide bonds. The second-order valence-corrected chi connectivity index (χ2v) is 4.38. The molecule has 1 N–H and O–H groups in total. The van der Waals surface area contributed by atoms with Crippen molar-refractivity contribution in [2.45, 2.75) is 26.2 Å². The number of alkyl halides is 3. The number of halogens is 3.